The van der Waals surface area contributed by atoms with E-state index in [4.69, 9.17) is 0 Å². The monoisotopic (exact) mass is 624 g/mol. The minimum Gasteiger partial charge on any atom is -0.309 e. The van der Waals surface area contributed by atoms with Crippen LogP contribution in [0.25, 0.3) is 40.3 Å². The number of thiophene rings is 2. The van der Waals surface area contributed by atoms with Gasteiger partial charge in [0, 0.05) is 53.7 Å². The van der Waals surface area contributed by atoms with Crippen LogP contribution in [0.3, 0.4) is 0 Å². The van der Waals surface area contributed by atoms with Crippen molar-refractivity contribution in [3.8, 4) is 0 Å². The molecule has 0 aliphatic heterocycles. The summed E-state index contributed by atoms with van der Waals surface area (Å²) in [5.41, 5.74) is 6.83. The van der Waals surface area contributed by atoms with E-state index in [9.17, 15) is 0 Å². The van der Waals surface area contributed by atoms with Crippen molar-refractivity contribution in [2.24, 2.45) is 0 Å². The van der Waals surface area contributed by atoms with E-state index in [0.29, 0.717) is 0 Å². The molecule has 2 nitrogen and oxygen atoms in total. The average Bonchev–Trinajstić information content (AvgIpc) is 3.70. The molecule has 218 valence electrons. The highest BCUT2D eigenvalue weighted by molar-refractivity contribution is 7.26. The third kappa shape index (κ3) is 4.46. The van der Waals surface area contributed by atoms with Crippen LogP contribution in [0.2, 0.25) is 0 Å². The summed E-state index contributed by atoms with van der Waals surface area (Å²) in [6.45, 7) is 0. The molecule has 0 radical (unpaired) electrons. The molecule has 0 atom stereocenters. The maximum Gasteiger partial charge on any atom is 0.0640 e. The first-order chi connectivity index (χ1) is 22.8. The molecule has 0 saturated heterocycles. The van der Waals surface area contributed by atoms with E-state index in [-0.39, 0.29) is 0 Å². The molecule has 7 aromatic carbocycles. The van der Waals surface area contributed by atoms with E-state index in [1.807, 2.05) is 22.7 Å². The third-order valence-corrected chi connectivity index (χ3v) is 11.0. The maximum atomic E-state index is 2.41. The molecule has 0 aliphatic carbocycles. The van der Waals surface area contributed by atoms with Crippen LogP contribution in [0.1, 0.15) is 0 Å². The Hall–Kier alpha value is -5.42. The Kier molecular flexibility index (Phi) is 6.55. The van der Waals surface area contributed by atoms with Gasteiger partial charge in [0.2, 0.25) is 0 Å². The predicted molar refractivity (Wildman–Crippen MR) is 202 cm³/mol. The fourth-order valence-corrected chi connectivity index (χ4v) is 9.01. The molecule has 0 N–H and O–H groups in total. The topological polar surface area (TPSA) is 6.48 Å². The van der Waals surface area contributed by atoms with E-state index in [2.05, 4.69) is 180 Å². The fourth-order valence-electron chi connectivity index (χ4n) is 6.60. The van der Waals surface area contributed by atoms with Crippen molar-refractivity contribution in [2.45, 2.75) is 0 Å². The Bertz CT molecular complexity index is 2320. The molecule has 9 aromatic rings. The van der Waals surface area contributed by atoms with E-state index in [0.717, 1.165) is 22.7 Å². The van der Waals surface area contributed by atoms with E-state index in [1.165, 1.54) is 51.7 Å². The van der Waals surface area contributed by atoms with E-state index < -0.39 is 0 Å². The zero-order chi connectivity index (χ0) is 30.5. The Morgan fingerprint density at radius 1 is 0.304 bits per heavy atom. The number of anilines is 6. The minimum atomic E-state index is 1.11. The van der Waals surface area contributed by atoms with Crippen molar-refractivity contribution >= 4 is 97.1 Å². The van der Waals surface area contributed by atoms with Crippen molar-refractivity contribution in [2.75, 3.05) is 9.80 Å². The van der Waals surface area contributed by atoms with Crippen LogP contribution in [-0.2, 0) is 0 Å². The quantitative estimate of drug-likeness (QED) is 0.182. The lowest BCUT2D eigenvalue weighted by Crippen LogP contribution is -2.13. The number of benzene rings is 7. The smallest absolute Gasteiger partial charge is 0.0640 e. The minimum absolute atomic E-state index is 1.11. The molecule has 0 bridgehead atoms. The van der Waals surface area contributed by atoms with Crippen LogP contribution in [0.15, 0.2) is 170 Å². The molecule has 2 heterocycles. The summed E-state index contributed by atoms with van der Waals surface area (Å²) in [7, 11) is 0. The second kappa shape index (κ2) is 11.2. The molecule has 0 amide bonds. The summed E-state index contributed by atoms with van der Waals surface area (Å²) in [5, 5.41) is 5.19. The van der Waals surface area contributed by atoms with Gasteiger partial charge >= 0.3 is 0 Å². The van der Waals surface area contributed by atoms with Gasteiger partial charge in [-0.05, 0) is 66.7 Å². The van der Waals surface area contributed by atoms with Gasteiger partial charge in [0.1, 0.15) is 0 Å². The molecular weight excluding hydrogens is 597 g/mol. The molecule has 46 heavy (non-hydrogen) atoms. The van der Waals surface area contributed by atoms with Crippen molar-refractivity contribution < 1.29 is 0 Å². The summed E-state index contributed by atoms with van der Waals surface area (Å²) in [4.78, 5) is 4.81. The average molecular weight is 625 g/mol. The van der Waals surface area contributed by atoms with Crippen molar-refractivity contribution in [1.29, 1.82) is 0 Å². The Morgan fingerprint density at radius 2 is 0.674 bits per heavy atom. The number of fused-ring (bicyclic) bond motifs is 6. The SMILES string of the molecule is c1ccc(N(c2cccc(N(c3ccccc3)c3cccc4c3sc3ccccc34)c2)c2cccc3c2sc2ccccc23)cc1. The molecule has 0 spiro atoms. The number of rotatable bonds is 6. The van der Waals surface area contributed by atoms with E-state index >= 15 is 0 Å². The molecule has 0 unspecified atom stereocenters. The van der Waals surface area contributed by atoms with Gasteiger partial charge in [0.25, 0.3) is 0 Å². The van der Waals surface area contributed by atoms with Gasteiger partial charge in [-0.15, -0.1) is 22.7 Å². The van der Waals surface area contributed by atoms with Crippen LogP contribution in [-0.4, -0.2) is 0 Å². The van der Waals surface area contributed by atoms with Crippen LogP contribution in [0, 0.1) is 0 Å². The van der Waals surface area contributed by atoms with Gasteiger partial charge < -0.3 is 9.80 Å². The standard InChI is InChI=1S/C42H28N2S2/c1-3-14-29(15-4-1)43(37-24-12-22-35-33-20-7-9-26-39(33)45-41(35)37)31-18-11-19-32(28-31)44(30-16-5-2-6-17-30)38-25-13-23-36-34-21-8-10-27-40(34)46-42(36)38/h1-28H. The number of nitrogens with zero attached hydrogens (tertiary/aromatic N) is 2. The highest BCUT2D eigenvalue weighted by Gasteiger charge is 2.21. The summed E-state index contributed by atoms with van der Waals surface area (Å²) in [5.74, 6) is 0. The zero-order valence-corrected chi connectivity index (χ0v) is 26.5. The van der Waals surface area contributed by atoms with Crippen LogP contribution in [0.4, 0.5) is 34.1 Å². The Morgan fingerprint density at radius 3 is 1.15 bits per heavy atom. The molecule has 9 rings (SSSR count). The summed E-state index contributed by atoms with van der Waals surface area (Å²) in [6, 6.07) is 61.3. The van der Waals surface area contributed by atoms with Crippen LogP contribution in [0.5, 0.6) is 0 Å². The molecule has 0 saturated carbocycles. The van der Waals surface area contributed by atoms with Gasteiger partial charge in [0.15, 0.2) is 0 Å². The largest absolute Gasteiger partial charge is 0.309 e. The number of hydrogen-bond donors (Lipinski definition) is 0. The molecular formula is C42H28N2S2. The fraction of sp³-hybridized carbons (Fsp3) is 0. The molecule has 0 aliphatic rings. The lowest BCUT2D eigenvalue weighted by atomic mass is 10.1. The third-order valence-electron chi connectivity index (χ3n) is 8.62. The van der Waals surface area contributed by atoms with Crippen LogP contribution < -0.4 is 9.80 Å². The lowest BCUT2D eigenvalue weighted by Gasteiger charge is -2.30. The zero-order valence-electron chi connectivity index (χ0n) is 24.9. The highest BCUT2D eigenvalue weighted by atomic mass is 32.1. The molecule has 0 fully saturated rings. The normalized spacial score (nSPS) is 11.5. The van der Waals surface area contributed by atoms with Gasteiger partial charge in [0.05, 0.1) is 20.8 Å². The maximum absolute atomic E-state index is 2.41. The Labute approximate surface area is 275 Å². The van der Waals surface area contributed by atoms with E-state index in [1.54, 1.807) is 0 Å². The summed E-state index contributed by atoms with van der Waals surface area (Å²) in [6.07, 6.45) is 0. The lowest BCUT2D eigenvalue weighted by molar-refractivity contribution is 1.26. The van der Waals surface area contributed by atoms with Crippen molar-refractivity contribution in [3.63, 3.8) is 0 Å². The van der Waals surface area contributed by atoms with Gasteiger partial charge in [-0.1, -0.05) is 103 Å². The number of hydrogen-bond acceptors (Lipinski definition) is 4. The van der Waals surface area contributed by atoms with Crippen LogP contribution >= 0.6 is 22.7 Å². The summed E-state index contributed by atoms with van der Waals surface area (Å²) < 4.78 is 5.18. The van der Waals surface area contributed by atoms with Crippen molar-refractivity contribution in [3.05, 3.63) is 170 Å². The first-order valence-electron chi connectivity index (χ1n) is 15.4. The number of para-hydroxylation sites is 2. The molecule has 2 aromatic heterocycles. The first kappa shape index (κ1) is 26.9. The second-order valence-corrected chi connectivity index (χ2v) is 13.5. The highest BCUT2D eigenvalue weighted by Crippen LogP contribution is 2.48. The summed E-state index contributed by atoms with van der Waals surface area (Å²) >= 11 is 3.73. The molecule has 4 heteroatoms. The first-order valence-corrected chi connectivity index (χ1v) is 17.1. The van der Waals surface area contributed by atoms with Gasteiger partial charge in [-0.3, -0.25) is 0 Å². The van der Waals surface area contributed by atoms with Gasteiger partial charge in [-0.25, -0.2) is 0 Å². The predicted octanol–water partition coefficient (Wildman–Crippen LogP) is 13.4. The second-order valence-electron chi connectivity index (χ2n) is 11.4. The van der Waals surface area contributed by atoms with Crippen molar-refractivity contribution in [1.82, 2.24) is 0 Å². The van der Waals surface area contributed by atoms with Gasteiger partial charge in [-0.2, -0.15) is 0 Å². The Balaban J connectivity index is 1.27.